The molecule has 13 heteroatoms. The molecule has 0 spiro atoms. The average molecular weight is 580 g/mol. The van der Waals surface area contributed by atoms with E-state index in [0.717, 1.165) is 0 Å². The molecular formula is C27H31F2N3O7S. The number of methoxy groups -OCH3 is 1. The van der Waals surface area contributed by atoms with Crippen molar-refractivity contribution in [1.29, 1.82) is 0 Å². The number of halogens is 2. The van der Waals surface area contributed by atoms with E-state index in [1.54, 1.807) is 45.0 Å². The Kier molecular flexibility index (Phi) is 7.81. The number of amides is 3. The highest BCUT2D eigenvalue weighted by Crippen LogP contribution is 2.38. The zero-order chi connectivity index (χ0) is 29.5. The highest BCUT2D eigenvalue weighted by Gasteiger charge is 2.46. The molecular weight excluding hydrogens is 548 g/mol. The molecule has 2 N–H and O–H groups in total. The Morgan fingerprint density at radius 3 is 2.42 bits per heavy atom. The number of nitrogens with zero attached hydrogens (tertiary/aromatic N) is 1. The number of hydrogen-bond donors (Lipinski definition) is 2. The molecule has 0 unspecified atom stereocenters. The molecule has 1 aliphatic heterocycles. The van der Waals surface area contributed by atoms with Gasteiger partial charge < -0.3 is 25.0 Å². The number of alkyl carbamates (subject to hydrolysis) is 1. The van der Waals surface area contributed by atoms with Crippen molar-refractivity contribution in [3.63, 3.8) is 0 Å². The van der Waals surface area contributed by atoms with Gasteiger partial charge in [-0.05, 0) is 56.7 Å². The first-order valence-corrected chi connectivity index (χ1v) is 14.2. The van der Waals surface area contributed by atoms with Gasteiger partial charge in [0.05, 0.1) is 30.0 Å². The van der Waals surface area contributed by atoms with Gasteiger partial charge in [-0.3, -0.25) is 9.59 Å². The number of benzene rings is 2. The summed E-state index contributed by atoms with van der Waals surface area (Å²) in [6, 6.07) is 8.26. The van der Waals surface area contributed by atoms with Crippen LogP contribution >= 0.6 is 0 Å². The zero-order valence-electron chi connectivity index (χ0n) is 22.5. The number of carbonyl (C=O) groups is 3. The van der Waals surface area contributed by atoms with Crippen LogP contribution in [0.3, 0.4) is 0 Å². The van der Waals surface area contributed by atoms with E-state index < -0.39 is 69.9 Å². The number of carbonyl (C=O) groups excluding carboxylic acids is 3. The van der Waals surface area contributed by atoms with Crippen molar-refractivity contribution in [2.45, 2.75) is 68.7 Å². The predicted octanol–water partition coefficient (Wildman–Crippen LogP) is 3.44. The minimum absolute atomic E-state index is 0.00819. The fourth-order valence-electron chi connectivity index (χ4n) is 4.52. The number of nitrogens with one attached hydrogen (secondary N) is 2. The Bertz CT molecular complexity index is 1430. The van der Waals surface area contributed by atoms with E-state index in [-0.39, 0.29) is 22.7 Å². The van der Waals surface area contributed by atoms with Crippen molar-refractivity contribution in [3.05, 3.63) is 53.6 Å². The number of fused-ring (bicyclic) bond motifs is 1. The van der Waals surface area contributed by atoms with E-state index in [1.807, 2.05) is 0 Å². The number of rotatable bonds is 6. The molecule has 10 nitrogen and oxygen atoms in total. The molecule has 0 aromatic heterocycles. The maximum atomic E-state index is 13.8. The lowest BCUT2D eigenvalue weighted by Crippen LogP contribution is -2.51. The lowest BCUT2D eigenvalue weighted by Gasteiger charge is -2.35. The second-order valence-electron chi connectivity index (χ2n) is 10.9. The van der Waals surface area contributed by atoms with Crippen LogP contribution in [-0.2, 0) is 25.9 Å². The van der Waals surface area contributed by atoms with Crippen molar-refractivity contribution < 1.29 is 41.1 Å². The summed E-state index contributed by atoms with van der Waals surface area (Å²) in [5, 5.41) is 4.89. The van der Waals surface area contributed by atoms with Crippen LogP contribution in [0.5, 0.6) is 5.75 Å². The molecule has 0 radical (unpaired) electrons. The molecule has 1 heterocycles. The quantitative estimate of drug-likeness (QED) is 0.536. The summed E-state index contributed by atoms with van der Waals surface area (Å²) in [5.41, 5.74) is -0.397. The van der Waals surface area contributed by atoms with Crippen LogP contribution in [0.15, 0.2) is 47.4 Å². The Morgan fingerprint density at radius 2 is 1.80 bits per heavy atom. The molecule has 0 bridgehead atoms. The summed E-state index contributed by atoms with van der Waals surface area (Å²) in [4.78, 5) is 40.2. The van der Waals surface area contributed by atoms with Gasteiger partial charge in [0, 0.05) is 24.4 Å². The molecule has 1 aliphatic carbocycles. The van der Waals surface area contributed by atoms with Crippen LogP contribution in [0.2, 0.25) is 0 Å². The van der Waals surface area contributed by atoms with Crippen LogP contribution in [0.4, 0.5) is 19.3 Å². The third kappa shape index (κ3) is 6.69. The van der Waals surface area contributed by atoms with E-state index in [2.05, 4.69) is 10.6 Å². The molecule has 1 fully saturated rings. The van der Waals surface area contributed by atoms with E-state index in [0.29, 0.717) is 11.3 Å². The van der Waals surface area contributed by atoms with Crippen molar-refractivity contribution >= 4 is 33.4 Å². The maximum Gasteiger partial charge on any atom is 0.408 e. The van der Waals surface area contributed by atoms with Gasteiger partial charge in [-0.1, -0.05) is 12.1 Å². The Hall–Kier alpha value is -3.74. The van der Waals surface area contributed by atoms with Gasteiger partial charge in [0.2, 0.25) is 0 Å². The van der Waals surface area contributed by atoms with Crippen LogP contribution in [0, 0.1) is 0 Å². The average Bonchev–Trinajstić information content (AvgIpc) is 2.90. The van der Waals surface area contributed by atoms with Gasteiger partial charge in [0.15, 0.2) is 9.84 Å². The highest BCUT2D eigenvalue weighted by molar-refractivity contribution is 7.91. The van der Waals surface area contributed by atoms with Gasteiger partial charge in [-0.15, -0.1) is 0 Å². The summed E-state index contributed by atoms with van der Waals surface area (Å²) in [6.45, 7) is 4.76. The van der Waals surface area contributed by atoms with Crippen molar-refractivity contribution in [2.24, 2.45) is 0 Å². The van der Waals surface area contributed by atoms with Gasteiger partial charge in [0.25, 0.3) is 17.7 Å². The minimum Gasteiger partial charge on any atom is -0.497 e. The summed E-state index contributed by atoms with van der Waals surface area (Å²) in [5.74, 6) is -4.50. The largest absolute Gasteiger partial charge is 0.497 e. The second-order valence-corrected chi connectivity index (χ2v) is 12.9. The third-order valence-corrected chi connectivity index (χ3v) is 8.18. The van der Waals surface area contributed by atoms with Crippen molar-refractivity contribution in [2.75, 3.05) is 17.8 Å². The topological polar surface area (TPSA) is 131 Å². The van der Waals surface area contributed by atoms with Gasteiger partial charge in [-0.25, -0.2) is 22.0 Å². The third-order valence-electron chi connectivity index (χ3n) is 6.39. The Balaban J connectivity index is 1.73. The fraction of sp³-hybridized carbons (Fsp3) is 0.444. The smallest absolute Gasteiger partial charge is 0.408 e. The molecule has 2 aliphatic rings. The standard InChI is InChI=1S/C27H31F2N3O7S/c1-26(2,3)39-25(35)31-20-15-40(36,37)22-9-8-17(23(33)30-18-12-27(28,29)13-18)11-21(22)32(24(20)34)14-16-6-5-7-19(10-16)38-4/h5-11,18,20H,12-15H2,1-4H3,(H,30,33)(H,31,35)/t20-/m0/s1. The zero-order valence-corrected chi connectivity index (χ0v) is 23.3. The predicted molar refractivity (Wildman–Crippen MR) is 141 cm³/mol. The normalized spacial score (nSPS) is 20.0. The Morgan fingerprint density at radius 1 is 1.10 bits per heavy atom. The Labute approximate surface area is 230 Å². The van der Waals surface area contributed by atoms with Crippen LogP contribution in [0.1, 0.15) is 49.5 Å². The van der Waals surface area contributed by atoms with Crippen molar-refractivity contribution in [1.82, 2.24) is 10.6 Å². The number of ether oxygens (including phenoxy) is 2. The molecule has 0 saturated heterocycles. The molecule has 2 aromatic rings. The van der Waals surface area contributed by atoms with Gasteiger partial charge in [0.1, 0.15) is 17.4 Å². The van der Waals surface area contributed by atoms with E-state index >= 15 is 0 Å². The first kappa shape index (κ1) is 29.2. The first-order valence-electron chi connectivity index (χ1n) is 12.6. The number of alkyl halides is 2. The fourth-order valence-corrected chi connectivity index (χ4v) is 6.13. The van der Waals surface area contributed by atoms with Gasteiger partial charge >= 0.3 is 6.09 Å². The van der Waals surface area contributed by atoms with Gasteiger partial charge in [-0.2, -0.15) is 0 Å². The number of sulfone groups is 1. The first-order chi connectivity index (χ1) is 18.6. The lowest BCUT2D eigenvalue weighted by molar-refractivity contribution is -0.120. The lowest BCUT2D eigenvalue weighted by atomic mass is 9.88. The summed E-state index contributed by atoms with van der Waals surface area (Å²) < 4.78 is 63.9. The maximum absolute atomic E-state index is 13.8. The molecule has 3 amide bonds. The van der Waals surface area contributed by atoms with Crippen molar-refractivity contribution in [3.8, 4) is 5.75 Å². The van der Waals surface area contributed by atoms with Crippen LogP contribution in [0.25, 0.3) is 0 Å². The summed E-state index contributed by atoms with van der Waals surface area (Å²) >= 11 is 0. The van der Waals surface area contributed by atoms with Crippen LogP contribution in [-0.4, -0.2) is 62.8 Å². The monoisotopic (exact) mass is 579 g/mol. The summed E-state index contributed by atoms with van der Waals surface area (Å²) in [6.07, 6.45) is -1.95. The molecule has 1 atom stereocenters. The molecule has 2 aromatic carbocycles. The highest BCUT2D eigenvalue weighted by atomic mass is 32.2. The SMILES string of the molecule is COc1cccc(CN2C(=O)[C@@H](NC(=O)OC(C)(C)C)CS(=O)(=O)c3ccc(C(=O)NC4CC(F)(F)C4)cc32)c1. The van der Waals surface area contributed by atoms with E-state index in [4.69, 9.17) is 9.47 Å². The molecule has 216 valence electrons. The number of hydrogen-bond acceptors (Lipinski definition) is 7. The molecule has 1 saturated carbocycles. The summed E-state index contributed by atoms with van der Waals surface area (Å²) in [7, 11) is -2.68. The minimum atomic E-state index is -4.15. The molecule has 4 rings (SSSR count). The van der Waals surface area contributed by atoms with E-state index in [9.17, 15) is 31.6 Å². The second kappa shape index (κ2) is 10.7. The van der Waals surface area contributed by atoms with Crippen LogP contribution < -0.4 is 20.3 Å². The number of anilines is 1. The van der Waals surface area contributed by atoms with E-state index in [1.165, 1.54) is 30.2 Å². The molecule has 40 heavy (non-hydrogen) atoms.